The van der Waals surface area contributed by atoms with Gasteiger partial charge in [-0.15, -0.1) is 0 Å². The summed E-state index contributed by atoms with van der Waals surface area (Å²) < 4.78 is 39.0. The lowest BCUT2D eigenvalue weighted by atomic mass is 10.1. The molecule has 0 aliphatic heterocycles. The molecule has 0 aromatic rings. The van der Waals surface area contributed by atoms with Crippen LogP contribution in [0.25, 0.3) is 0 Å². The fraction of sp³-hybridized carbons (Fsp3) is 0.909. The molecule has 1 nitrogen and oxygen atoms in total. The third-order valence-corrected chi connectivity index (χ3v) is 2.14. The van der Waals surface area contributed by atoms with Crippen molar-refractivity contribution in [3.63, 3.8) is 0 Å². The second kappa shape index (κ2) is 13.3. The second-order valence-corrected chi connectivity index (χ2v) is 3.88. The van der Waals surface area contributed by atoms with Gasteiger partial charge in [0, 0.05) is 6.42 Å². The van der Waals surface area contributed by atoms with E-state index in [0.717, 1.165) is 12.8 Å². The molecule has 0 saturated carbocycles. The van der Waals surface area contributed by atoms with Crippen LogP contribution in [0.4, 0.5) is 17.3 Å². The molecule has 0 atom stereocenters. The maximum absolute atomic E-state index is 9.75. The van der Waals surface area contributed by atoms with Crippen LogP contribution in [-0.4, -0.2) is 7.25 Å². The molecule has 0 amide bonds. The molecule has 0 heterocycles. The molecule has 0 aliphatic carbocycles. The Bertz CT molecular complexity index is 183. The third kappa shape index (κ3) is 39.3. The quantitative estimate of drug-likeness (QED) is 0.325. The van der Waals surface area contributed by atoms with Crippen LogP contribution in [0, 0.1) is 11.3 Å². The maximum atomic E-state index is 9.75. The summed E-state index contributed by atoms with van der Waals surface area (Å²) in [6.45, 7) is 2.24. The Morgan fingerprint density at radius 2 is 1.18 bits per heavy atom. The minimum Gasteiger partial charge on any atom is -0.418 e. The summed E-state index contributed by atoms with van der Waals surface area (Å²) in [6, 6.07) is 2.18. The van der Waals surface area contributed by atoms with E-state index >= 15 is 0 Å². The number of hydrogen-bond acceptors (Lipinski definition) is 1. The third-order valence-electron chi connectivity index (χ3n) is 2.14. The molecule has 0 fully saturated rings. The van der Waals surface area contributed by atoms with Crippen LogP contribution in [0.5, 0.6) is 0 Å². The second-order valence-electron chi connectivity index (χ2n) is 3.88. The van der Waals surface area contributed by atoms with E-state index < -0.39 is 7.25 Å². The highest BCUT2D eigenvalue weighted by atomic mass is 19.5. The first-order valence-corrected chi connectivity index (χ1v) is 6.16. The van der Waals surface area contributed by atoms with Crippen molar-refractivity contribution >= 4 is 7.25 Å². The SMILES string of the molecule is CCCCCCCCCCC#N.F[B-](F)(F)F. The zero-order chi connectivity index (χ0) is 13.6. The van der Waals surface area contributed by atoms with Crippen LogP contribution in [0.15, 0.2) is 0 Å². The van der Waals surface area contributed by atoms with Gasteiger partial charge >= 0.3 is 7.25 Å². The minimum absolute atomic E-state index is 0.745. The van der Waals surface area contributed by atoms with Gasteiger partial charge in [-0.05, 0) is 6.42 Å². The van der Waals surface area contributed by atoms with Crippen LogP contribution in [0.3, 0.4) is 0 Å². The average Bonchev–Trinajstić information content (AvgIpc) is 2.20. The van der Waals surface area contributed by atoms with Crippen LogP contribution in [0.2, 0.25) is 0 Å². The smallest absolute Gasteiger partial charge is 0.418 e. The Morgan fingerprint density at radius 3 is 1.53 bits per heavy atom. The highest BCUT2D eigenvalue weighted by molar-refractivity contribution is 6.50. The predicted octanol–water partition coefficient (Wildman–Crippen LogP) is 5.34. The summed E-state index contributed by atoms with van der Waals surface area (Å²) in [5.74, 6) is 0. The molecule has 0 aliphatic rings. The van der Waals surface area contributed by atoms with Gasteiger partial charge in [0.05, 0.1) is 6.07 Å². The van der Waals surface area contributed by atoms with E-state index in [1.54, 1.807) is 0 Å². The van der Waals surface area contributed by atoms with E-state index in [9.17, 15) is 17.3 Å². The Balaban J connectivity index is 0. The van der Waals surface area contributed by atoms with E-state index in [1.165, 1.54) is 44.9 Å². The summed E-state index contributed by atoms with van der Waals surface area (Å²) >= 11 is 0. The van der Waals surface area contributed by atoms with E-state index in [0.29, 0.717) is 0 Å². The number of unbranched alkanes of at least 4 members (excludes halogenated alkanes) is 8. The molecule has 0 bridgehead atoms. The molecule has 0 rings (SSSR count). The first-order valence-electron chi connectivity index (χ1n) is 6.16. The summed E-state index contributed by atoms with van der Waals surface area (Å²) in [5.41, 5.74) is 0. The number of halogens is 4. The summed E-state index contributed by atoms with van der Waals surface area (Å²) in [5, 5.41) is 8.29. The fourth-order valence-corrected chi connectivity index (χ4v) is 1.34. The largest absolute Gasteiger partial charge is 0.673 e. The fourth-order valence-electron chi connectivity index (χ4n) is 1.34. The summed E-state index contributed by atoms with van der Waals surface area (Å²) in [4.78, 5) is 0. The molecule has 0 spiro atoms. The van der Waals surface area contributed by atoms with Crippen molar-refractivity contribution in [2.24, 2.45) is 0 Å². The van der Waals surface area contributed by atoms with Gasteiger partial charge in [0.1, 0.15) is 0 Å². The zero-order valence-electron chi connectivity index (χ0n) is 10.4. The normalized spacial score (nSPS) is 10.4. The van der Waals surface area contributed by atoms with Crippen molar-refractivity contribution in [3.8, 4) is 6.07 Å². The van der Waals surface area contributed by atoms with Gasteiger partial charge in [0.25, 0.3) is 0 Å². The van der Waals surface area contributed by atoms with Crippen molar-refractivity contribution in [2.45, 2.75) is 64.7 Å². The lowest BCUT2D eigenvalue weighted by molar-refractivity contribution is 0.368. The van der Waals surface area contributed by atoms with E-state index in [2.05, 4.69) is 13.0 Å². The molecule has 0 saturated heterocycles. The minimum atomic E-state index is -6.00. The first-order chi connectivity index (χ1) is 7.91. The molecule has 102 valence electrons. The van der Waals surface area contributed by atoms with Crippen LogP contribution < -0.4 is 0 Å². The van der Waals surface area contributed by atoms with Crippen molar-refractivity contribution in [3.05, 3.63) is 0 Å². The van der Waals surface area contributed by atoms with Crippen LogP contribution in [0.1, 0.15) is 64.7 Å². The average molecular weight is 254 g/mol. The maximum Gasteiger partial charge on any atom is 0.673 e. The van der Waals surface area contributed by atoms with E-state index in [1.807, 2.05) is 0 Å². The Hall–Kier alpha value is -0.725. The van der Waals surface area contributed by atoms with E-state index in [-0.39, 0.29) is 0 Å². The zero-order valence-corrected chi connectivity index (χ0v) is 10.4. The monoisotopic (exact) mass is 254 g/mol. The Morgan fingerprint density at radius 1 is 0.824 bits per heavy atom. The number of rotatable bonds is 8. The lowest BCUT2D eigenvalue weighted by Crippen LogP contribution is -2.02. The predicted molar refractivity (Wildman–Crippen MR) is 63.0 cm³/mol. The van der Waals surface area contributed by atoms with Gasteiger partial charge in [-0.3, -0.25) is 0 Å². The van der Waals surface area contributed by atoms with Gasteiger partial charge in [-0.25, -0.2) is 0 Å². The van der Waals surface area contributed by atoms with Crippen LogP contribution >= 0.6 is 0 Å². The van der Waals surface area contributed by atoms with Gasteiger partial charge in [0.15, 0.2) is 0 Å². The molecule has 6 heteroatoms. The molecular weight excluding hydrogens is 233 g/mol. The lowest BCUT2D eigenvalue weighted by Gasteiger charge is -1.98. The van der Waals surface area contributed by atoms with Crippen molar-refractivity contribution in [1.82, 2.24) is 0 Å². The highest BCUT2D eigenvalue weighted by Crippen LogP contribution is 2.09. The van der Waals surface area contributed by atoms with Gasteiger partial charge < -0.3 is 17.3 Å². The topological polar surface area (TPSA) is 23.8 Å². The van der Waals surface area contributed by atoms with Crippen LogP contribution in [-0.2, 0) is 0 Å². The molecule has 0 N–H and O–H groups in total. The summed E-state index contributed by atoms with van der Waals surface area (Å²) in [6.07, 6.45) is 11.3. The van der Waals surface area contributed by atoms with Crippen molar-refractivity contribution < 1.29 is 17.3 Å². The molecule has 0 radical (unpaired) electrons. The molecule has 0 unspecified atom stereocenters. The van der Waals surface area contributed by atoms with E-state index in [4.69, 9.17) is 5.26 Å². The highest BCUT2D eigenvalue weighted by Gasteiger charge is 2.20. The molecular formula is C11H21BF4N-. The first kappa shape index (κ1) is 18.6. The number of hydrogen-bond donors (Lipinski definition) is 0. The molecule has 0 aromatic heterocycles. The molecule has 17 heavy (non-hydrogen) atoms. The van der Waals surface area contributed by atoms with Gasteiger partial charge in [-0.2, -0.15) is 5.26 Å². The Kier molecular flexibility index (Phi) is 14.6. The number of nitrogens with zero attached hydrogens (tertiary/aromatic N) is 1. The standard InChI is InChI=1S/C11H21N.BF4/c1-2-3-4-5-6-7-8-9-10-11-12;2-1(3,4)5/h2-10H2,1H3;/q;-1. The van der Waals surface area contributed by atoms with Gasteiger partial charge in [-0.1, -0.05) is 51.9 Å². The number of nitriles is 1. The van der Waals surface area contributed by atoms with Crippen molar-refractivity contribution in [1.29, 1.82) is 5.26 Å². The Labute approximate surface area is 101 Å². The van der Waals surface area contributed by atoms with Gasteiger partial charge in [0.2, 0.25) is 0 Å². The van der Waals surface area contributed by atoms with Crippen molar-refractivity contribution in [2.75, 3.05) is 0 Å². The molecule has 0 aromatic carbocycles. The summed E-state index contributed by atoms with van der Waals surface area (Å²) in [7, 11) is -6.00.